The molecule has 0 bridgehead atoms. The van der Waals surface area contributed by atoms with Crippen LogP contribution in [0.15, 0.2) is 18.2 Å². The summed E-state index contributed by atoms with van der Waals surface area (Å²) in [6.45, 7) is 0.292. The third-order valence-corrected chi connectivity index (χ3v) is 2.64. The maximum Gasteiger partial charge on any atom is 0.416 e. The lowest BCUT2D eigenvalue weighted by Gasteiger charge is -2.15. The number of hydrogen-bond donors (Lipinski definition) is 1. The molecule has 0 radical (unpaired) electrons. The minimum atomic E-state index is -4.65. The second kappa shape index (κ2) is 5.81. The van der Waals surface area contributed by atoms with E-state index in [4.69, 9.17) is 5.73 Å². The summed E-state index contributed by atoms with van der Waals surface area (Å²) in [6.07, 6.45) is -8.58. The van der Waals surface area contributed by atoms with Crippen molar-refractivity contribution in [1.82, 2.24) is 0 Å². The lowest BCUT2D eigenvalue weighted by atomic mass is 9.98. The maximum absolute atomic E-state index is 12.7. The molecule has 0 spiro atoms. The number of rotatable bonds is 4. The van der Waals surface area contributed by atoms with Crippen molar-refractivity contribution in [2.75, 3.05) is 6.54 Å². The smallest absolute Gasteiger partial charge is 0.330 e. The van der Waals surface area contributed by atoms with E-state index in [9.17, 15) is 26.3 Å². The van der Waals surface area contributed by atoms with E-state index >= 15 is 0 Å². The minimum absolute atomic E-state index is 0.0734. The van der Waals surface area contributed by atoms with E-state index in [0.29, 0.717) is 37.6 Å². The Kier molecular flexibility index (Phi) is 4.84. The fourth-order valence-electron chi connectivity index (χ4n) is 1.71. The molecule has 0 unspecified atom stereocenters. The van der Waals surface area contributed by atoms with E-state index in [2.05, 4.69) is 0 Å². The van der Waals surface area contributed by atoms with Crippen molar-refractivity contribution in [1.29, 1.82) is 0 Å². The van der Waals surface area contributed by atoms with Crippen molar-refractivity contribution in [3.05, 3.63) is 34.9 Å². The molecule has 19 heavy (non-hydrogen) atoms. The van der Waals surface area contributed by atoms with Gasteiger partial charge in [-0.05, 0) is 49.6 Å². The number of unbranched alkanes of at least 4 members (excludes halogenated alkanes) is 1. The highest BCUT2D eigenvalue weighted by atomic mass is 19.4. The molecule has 0 fully saturated rings. The van der Waals surface area contributed by atoms with E-state index in [1.807, 2.05) is 0 Å². The van der Waals surface area contributed by atoms with Crippen molar-refractivity contribution in [2.24, 2.45) is 5.73 Å². The highest BCUT2D eigenvalue weighted by Crippen LogP contribution is 2.36. The van der Waals surface area contributed by atoms with Gasteiger partial charge in [0.15, 0.2) is 0 Å². The monoisotopic (exact) mass is 285 g/mol. The van der Waals surface area contributed by atoms with E-state index in [1.165, 1.54) is 0 Å². The first-order chi connectivity index (χ1) is 8.66. The number of aryl methyl sites for hydroxylation is 1. The standard InChI is InChI=1S/C12H13F6N/c13-11(14,15)9-4-5-10(12(16,17)18)8(7-9)3-1-2-6-19/h4-5,7H,1-3,6,19H2. The molecule has 0 aliphatic rings. The molecule has 0 heterocycles. The summed E-state index contributed by atoms with van der Waals surface area (Å²) in [6, 6.07) is 1.51. The first-order valence-corrected chi connectivity index (χ1v) is 5.63. The summed E-state index contributed by atoms with van der Waals surface area (Å²) in [4.78, 5) is 0. The van der Waals surface area contributed by atoms with Crippen LogP contribution in [0.2, 0.25) is 0 Å². The van der Waals surface area contributed by atoms with Crippen molar-refractivity contribution >= 4 is 0 Å². The van der Waals surface area contributed by atoms with Gasteiger partial charge < -0.3 is 5.73 Å². The fourth-order valence-corrected chi connectivity index (χ4v) is 1.71. The van der Waals surface area contributed by atoms with Gasteiger partial charge in [0.05, 0.1) is 11.1 Å². The van der Waals surface area contributed by atoms with Crippen molar-refractivity contribution in [3.8, 4) is 0 Å². The van der Waals surface area contributed by atoms with Gasteiger partial charge in [0, 0.05) is 0 Å². The average Bonchev–Trinajstić information content (AvgIpc) is 2.26. The molecule has 1 nitrogen and oxygen atoms in total. The average molecular weight is 285 g/mol. The lowest BCUT2D eigenvalue weighted by molar-refractivity contribution is -0.141. The minimum Gasteiger partial charge on any atom is -0.330 e. The third kappa shape index (κ3) is 4.41. The SMILES string of the molecule is NCCCCc1cc(C(F)(F)F)ccc1C(F)(F)F. The molecular formula is C12H13F6N. The first kappa shape index (κ1) is 15.8. The number of benzene rings is 1. The van der Waals surface area contributed by atoms with Gasteiger partial charge in [-0.25, -0.2) is 0 Å². The Balaban J connectivity index is 3.12. The Hall–Kier alpha value is -1.24. The van der Waals surface area contributed by atoms with Crippen LogP contribution in [0.3, 0.4) is 0 Å². The molecule has 0 aliphatic carbocycles. The Morgan fingerprint density at radius 1 is 0.895 bits per heavy atom. The Bertz CT molecular complexity index is 421. The zero-order valence-corrected chi connectivity index (χ0v) is 9.91. The Morgan fingerprint density at radius 2 is 1.53 bits per heavy atom. The summed E-state index contributed by atoms with van der Waals surface area (Å²) in [7, 11) is 0. The number of hydrogen-bond acceptors (Lipinski definition) is 1. The second-order valence-electron chi connectivity index (χ2n) is 4.11. The third-order valence-electron chi connectivity index (χ3n) is 2.64. The molecular weight excluding hydrogens is 272 g/mol. The van der Waals surface area contributed by atoms with Crippen LogP contribution in [0.25, 0.3) is 0 Å². The molecule has 0 aliphatic heterocycles. The molecule has 1 aromatic carbocycles. The van der Waals surface area contributed by atoms with E-state index < -0.39 is 23.5 Å². The predicted molar refractivity (Wildman–Crippen MR) is 58.4 cm³/mol. The largest absolute Gasteiger partial charge is 0.416 e. The van der Waals surface area contributed by atoms with Gasteiger partial charge >= 0.3 is 12.4 Å². The number of halogens is 6. The molecule has 0 atom stereocenters. The summed E-state index contributed by atoms with van der Waals surface area (Å²) in [5.41, 5.74) is 2.79. The normalized spacial score (nSPS) is 12.8. The van der Waals surface area contributed by atoms with Crippen LogP contribution in [0, 0.1) is 0 Å². The van der Waals surface area contributed by atoms with Gasteiger partial charge in [-0.1, -0.05) is 0 Å². The molecule has 0 saturated heterocycles. The van der Waals surface area contributed by atoms with Crippen LogP contribution in [-0.4, -0.2) is 6.54 Å². The van der Waals surface area contributed by atoms with Crippen LogP contribution in [-0.2, 0) is 18.8 Å². The van der Waals surface area contributed by atoms with Gasteiger partial charge in [0.2, 0.25) is 0 Å². The molecule has 0 amide bonds. The van der Waals surface area contributed by atoms with Crippen LogP contribution >= 0.6 is 0 Å². The molecule has 7 heteroatoms. The van der Waals surface area contributed by atoms with E-state index in [-0.39, 0.29) is 12.0 Å². The van der Waals surface area contributed by atoms with E-state index in [0.717, 1.165) is 0 Å². The summed E-state index contributed by atoms with van der Waals surface area (Å²) < 4.78 is 75.5. The maximum atomic E-state index is 12.7. The number of alkyl halides is 6. The van der Waals surface area contributed by atoms with Crippen molar-refractivity contribution in [2.45, 2.75) is 31.6 Å². The topological polar surface area (TPSA) is 26.0 Å². The molecule has 108 valence electrons. The summed E-state index contributed by atoms with van der Waals surface area (Å²) in [5.74, 6) is 0. The van der Waals surface area contributed by atoms with Crippen LogP contribution < -0.4 is 5.73 Å². The highest BCUT2D eigenvalue weighted by molar-refractivity contribution is 5.35. The fraction of sp³-hybridized carbons (Fsp3) is 0.500. The van der Waals surface area contributed by atoms with Crippen LogP contribution in [0.5, 0.6) is 0 Å². The van der Waals surface area contributed by atoms with Gasteiger partial charge in [0.1, 0.15) is 0 Å². The van der Waals surface area contributed by atoms with Gasteiger partial charge in [-0.3, -0.25) is 0 Å². The second-order valence-corrected chi connectivity index (χ2v) is 4.11. The molecule has 2 N–H and O–H groups in total. The van der Waals surface area contributed by atoms with Crippen LogP contribution in [0.4, 0.5) is 26.3 Å². The zero-order valence-electron chi connectivity index (χ0n) is 9.91. The lowest BCUT2D eigenvalue weighted by Crippen LogP contribution is -2.13. The van der Waals surface area contributed by atoms with Crippen LogP contribution in [0.1, 0.15) is 29.5 Å². The molecule has 0 aromatic heterocycles. The quantitative estimate of drug-likeness (QED) is 0.656. The predicted octanol–water partition coefficient (Wildman–Crippen LogP) is 4.01. The summed E-state index contributed by atoms with van der Waals surface area (Å²) in [5, 5.41) is 0. The first-order valence-electron chi connectivity index (χ1n) is 5.63. The Labute approximate surface area is 106 Å². The zero-order chi connectivity index (χ0) is 14.7. The Morgan fingerprint density at radius 3 is 2.00 bits per heavy atom. The van der Waals surface area contributed by atoms with Crippen molar-refractivity contribution in [3.63, 3.8) is 0 Å². The van der Waals surface area contributed by atoms with E-state index in [1.54, 1.807) is 0 Å². The molecule has 1 aromatic rings. The summed E-state index contributed by atoms with van der Waals surface area (Å²) >= 11 is 0. The van der Waals surface area contributed by atoms with Gasteiger partial charge in [-0.15, -0.1) is 0 Å². The number of nitrogens with two attached hydrogens (primary N) is 1. The molecule has 0 saturated carbocycles. The van der Waals surface area contributed by atoms with Gasteiger partial charge in [0.25, 0.3) is 0 Å². The molecule has 1 rings (SSSR count). The van der Waals surface area contributed by atoms with Crippen molar-refractivity contribution < 1.29 is 26.3 Å². The highest BCUT2D eigenvalue weighted by Gasteiger charge is 2.36. The van der Waals surface area contributed by atoms with Gasteiger partial charge in [-0.2, -0.15) is 26.3 Å².